The maximum absolute atomic E-state index is 11.2. The van der Waals surface area contributed by atoms with Crippen molar-refractivity contribution in [3.05, 3.63) is 35.0 Å². The lowest BCUT2D eigenvalue weighted by Crippen LogP contribution is -2.24. The summed E-state index contributed by atoms with van der Waals surface area (Å²) in [6.07, 6.45) is 1.39. The number of carbonyl (C=O) groups is 1. The van der Waals surface area contributed by atoms with E-state index in [1.54, 1.807) is 0 Å². The first-order valence-electron chi connectivity index (χ1n) is 5.43. The molecule has 1 aromatic heterocycles. The summed E-state index contributed by atoms with van der Waals surface area (Å²) in [7, 11) is 0. The second kappa shape index (κ2) is 5.07. The third-order valence-corrected chi connectivity index (χ3v) is 2.67. The van der Waals surface area contributed by atoms with E-state index in [4.69, 9.17) is 5.73 Å². The summed E-state index contributed by atoms with van der Waals surface area (Å²) >= 11 is 4.62. The van der Waals surface area contributed by atoms with Crippen molar-refractivity contribution in [3.63, 3.8) is 0 Å². The lowest BCUT2D eigenvalue weighted by Gasteiger charge is -1.97. The van der Waals surface area contributed by atoms with Gasteiger partial charge in [-0.3, -0.25) is 5.43 Å². The van der Waals surface area contributed by atoms with Crippen molar-refractivity contribution in [1.82, 2.24) is 10.4 Å². The van der Waals surface area contributed by atoms with E-state index in [1.807, 2.05) is 25.1 Å². The lowest BCUT2D eigenvalue weighted by molar-refractivity contribution is 0.0691. The van der Waals surface area contributed by atoms with Crippen molar-refractivity contribution in [1.29, 1.82) is 0 Å². The number of rotatable bonds is 3. The van der Waals surface area contributed by atoms with Gasteiger partial charge in [-0.15, -0.1) is 0 Å². The smallest absolute Gasteiger partial charge is 0.353 e. The number of carboxylic acids is 1. The third kappa shape index (κ3) is 2.71. The first-order chi connectivity index (χ1) is 8.99. The Bertz CT molecular complexity index is 690. The summed E-state index contributed by atoms with van der Waals surface area (Å²) in [5, 5.41) is 13.8. The molecule has 1 heterocycles. The molecule has 0 radical (unpaired) electrons. The number of carboxylic acid groups (broad SMARTS) is 1. The highest BCUT2D eigenvalue weighted by atomic mass is 32.1. The summed E-state index contributed by atoms with van der Waals surface area (Å²) in [4.78, 5) is 14.1. The molecule has 0 aliphatic rings. The summed E-state index contributed by atoms with van der Waals surface area (Å²) in [5.41, 5.74) is 9.97. The molecule has 0 fully saturated rings. The van der Waals surface area contributed by atoms with Gasteiger partial charge in [0.1, 0.15) is 5.69 Å². The Morgan fingerprint density at radius 2 is 2.32 bits per heavy atom. The predicted octanol–water partition coefficient (Wildman–Crippen LogP) is 1.34. The number of aromatic nitrogens is 1. The van der Waals surface area contributed by atoms with Crippen LogP contribution < -0.4 is 11.2 Å². The number of fused-ring (bicyclic) bond motifs is 1. The minimum Gasteiger partial charge on any atom is -0.477 e. The average molecular weight is 276 g/mol. The fourth-order valence-electron chi connectivity index (χ4n) is 1.79. The normalized spacial score (nSPS) is 11.0. The lowest BCUT2D eigenvalue weighted by atomic mass is 10.1. The predicted molar refractivity (Wildman–Crippen MR) is 77.5 cm³/mol. The number of hydrazone groups is 1. The van der Waals surface area contributed by atoms with E-state index in [-0.39, 0.29) is 10.8 Å². The third-order valence-electron chi connectivity index (χ3n) is 2.58. The van der Waals surface area contributed by atoms with Gasteiger partial charge in [-0.1, -0.05) is 11.6 Å². The van der Waals surface area contributed by atoms with Gasteiger partial charge in [0.2, 0.25) is 0 Å². The summed E-state index contributed by atoms with van der Waals surface area (Å²) in [6.45, 7) is 1.93. The molecule has 5 N–H and O–H groups in total. The number of aromatic carboxylic acids is 1. The Morgan fingerprint density at radius 1 is 1.58 bits per heavy atom. The topological polar surface area (TPSA) is 104 Å². The number of benzene rings is 1. The minimum atomic E-state index is -1.05. The summed E-state index contributed by atoms with van der Waals surface area (Å²) < 4.78 is 0. The molecular formula is C12H12N4O2S. The van der Waals surface area contributed by atoms with Gasteiger partial charge >= 0.3 is 5.97 Å². The number of aromatic amines is 1. The Hall–Kier alpha value is -2.41. The quantitative estimate of drug-likeness (QED) is 0.385. The fourth-order valence-corrected chi connectivity index (χ4v) is 1.84. The van der Waals surface area contributed by atoms with Crippen molar-refractivity contribution in [2.24, 2.45) is 10.8 Å². The van der Waals surface area contributed by atoms with Gasteiger partial charge in [0.05, 0.1) is 6.21 Å². The van der Waals surface area contributed by atoms with E-state index < -0.39 is 5.97 Å². The molecule has 0 atom stereocenters. The molecule has 19 heavy (non-hydrogen) atoms. The summed E-state index contributed by atoms with van der Waals surface area (Å²) in [6, 6.07) is 5.62. The van der Waals surface area contributed by atoms with Crippen LogP contribution in [0.25, 0.3) is 10.9 Å². The van der Waals surface area contributed by atoms with E-state index in [0.717, 1.165) is 16.5 Å². The van der Waals surface area contributed by atoms with E-state index in [1.165, 1.54) is 6.21 Å². The standard InChI is InChI=1S/C12H12N4O2S/c1-6-2-3-9-7(4-6)8(5-14-16-12(13)19)10(15-9)11(17)18/h2-5,15H,1H3,(H,17,18)(H3,13,16,19)/b14-5-. The van der Waals surface area contributed by atoms with Gasteiger partial charge in [0.25, 0.3) is 0 Å². The zero-order valence-electron chi connectivity index (χ0n) is 10.1. The highest BCUT2D eigenvalue weighted by molar-refractivity contribution is 7.80. The highest BCUT2D eigenvalue weighted by Gasteiger charge is 2.15. The van der Waals surface area contributed by atoms with Crippen LogP contribution in [0.2, 0.25) is 0 Å². The molecule has 0 amide bonds. The molecule has 6 nitrogen and oxygen atoms in total. The van der Waals surface area contributed by atoms with Gasteiger partial charge in [0, 0.05) is 16.5 Å². The Balaban J connectivity index is 2.57. The summed E-state index contributed by atoms with van der Waals surface area (Å²) in [5.74, 6) is -1.05. The van der Waals surface area contributed by atoms with Gasteiger partial charge < -0.3 is 15.8 Å². The number of nitrogens with one attached hydrogen (secondary N) is 2. The number of aryl methyl sites for hydroxylation is 1. The molecule has 0 aliphatic carbocycles. The number of H-pyrrole nitrogens is 1. The number of nitrogens with two attached hydrogens (primary N) is 1. The van der Waals surface area contributed by atoms with Gasteiger partial charge in [0.15, 0.2) is 5.11 Å². The molecule has 0 saturated heterocycles. The van der Waals surface area contributed by atoms with Crippen LogP contribution in [0, 0.1) is 6.92 Å². The van der Waals surface area contributed by atoms with Crippen molar-refractivity contribution < 1.29 is 9.90 Å². The molecule has 0 unspecified atom stereocenters. The molecule has 1 aromatic carbocycles. The van der Waals surface area contributed by atoms with Crippen molar-refractivity contribution in [3.8, 4) is 0 Å². The molecule has 0 saturated carbocycles. The number of nitrogens with zero attached hydrogens (tertiary/aromatic N) is 1. The monoisotopic (exact) mass is 276 g/mol. The van der Waals surface area contributed by atoms with Gasteiger partial charge in [-0.2, -0.15) is 5.10 Å². The van der Waals surface area contributed by atoms with Crippen LogP contribution in [0.1, 0.15) is 21.6 Å². The molecule has 98 valence electrons. The SMILES string of the molecule is Cc1ccc2[nH]c(C(=O)O)c(/C=N\NC(N)=S)c2c1. The molecule has 0 aliphatic heterocycles. The van der Waals surface area contributed by atoms with Gasteiger partial charge in [-0.05, 0) is 31.3 Å². The zero-order chi connectivity index (χ0) is 14.0. The van der Waals surface area contributed by atoms with Crippen molar-refractivity contribution in [2.45, 2.75) is 6.92 Å². The van der Waals surface area contributed by atoms with E-state index >= 15 is 0 Å². The van der Waals surface area contributed by atoms with Gasteiger partial charge in [-0.25, -0.2) is 4.79 Å². The van der Waals surface area contributed by atoms with Crippen LogP contribution in [0.15, 0.2) is 23.3 Å². The Labute approximate surface area is 114 Å². The number of hydrogen-bond donors (Lipinski definition) is 4. The first-order valence-corrected chi connectivity index (χ1v) is 5.84. The molecule has 7 heteroatoms. The molecule has 0 bridgehead atoms. The molecular weight excluding hydrogens is 264 g/mol. The van der Waals surface area contributed by atoms with Crippen LogP contribution in [0.4, 0.5) is 0 Å². The van der Waals surface area contributed by atoms with E-state index in [9.17, 15) is 9.90 Å². The minimum absolute atomic E-state index is 0.0177. The second-order valence-corrected chi connectivity index (χ2v) is 4.44. The van der Waals surface area contributed by atoms with Crippen LogP contribution in [-0.4, -0.2) is 27.4 Å². The van der Waals surface area contributed by atoms with E-state index in [2.05, 4.69) is 27.7 Å². The zero-order valence-corrected chi connectivity index (χ0v) is 10.9. The maximum atomic E-state index is 11.2. The first kappa shape index (κ1) is 13.0. The van der Waals surface area contributed by atoms with Crippen LogP contribution in [0.5, 0.6) is 0 Å². The van der Waals surface area contributed by atoms with Crippen molar-refractivity contribution >= 4 is 40.4 Å². The Kier molecular flexibility index (Phi) is 3.48. The molecule has 0 spiro atoms. The number of hydrogen-bond acceptors (Lipinski definition) is 3. The second-order valence-electron chi connectivity index (χ2n) is 4.00. The van der Waals surface area contributed by atoms with Crippen LogP contribution in [-0.2, 0) is 0 Å². The molecule has 2 aromatic rings. The average Bonchev–Trinajstić information content (AvgIpc) is 2.67. The fraction of sp³-hybridized carbons (Fsp3) is 0.0833. The van der Waals surface area contributed by atoms with E-state index in [0.29, 0.717) is 5.56 Å². The largest absolute Gasteiger partial charge is 0.477 e. The maximum Gasteiger partial charge on any atom is 0.353 e. The highest BCUT2D eigenvalue weighted by Crippen LogP contribution is 2.22. The molecule has 2 rings (SSSR count). The van der Waals surface area contributed by atoms with Crippen LogP contribution in [0.3, 0.4) is 0 Å². The van der Waals surface area contributed by atoms with Crippen molar-refractivity contribution in [2.75, 3.05) is 0 Å². The number of thiocarbonyl (C=S) groups is 1. The Morgan fingerprint density at radius 3 is 2.95 bits per heavy atom. The van der Waals surface area contributed by atoms with Crippen LogP contribution >= 0.6 is 12.2 Å².